The highest BCUT2D eigenvalue weighted by atomic mass is 16.6. The highest BCUT2D eigenvalue weighted by Gasteiger charge is 2.25. The number of hydrogen-bond donors (Lipinski definition) is 1. The van der Waals surface area contributed by atoms with Gasteiger partial charge >= 0.3 is 11.7 Å². The van der Waals surface area contributed by atoms with E-state index in [9.17, 15) is 14.9 Å². The fourth-order valence-electron chi connectivity index (χ4n) is 1.46. The average Bonchev–Trinajstić information content (AvgIpc) is 2.56. The smallest absolute Gasteiger partial charge is 0.344 e. The molecule has 0 saturated heterocycles. The van der Waals surface area contributed by atoms with Crippen molar-refractivity contribution in [2.75, 3.05) is 0 Å². The van der Waals surface area contributed by atoms with Gasteiger partial charge in [0.25, 0.3) is 0 Å². The maximum absolute atomic E-state index is 10.8. The van der Waals surface area contributed by atoms with Crippen LogP contribution in [-0.2, 0) is 0 Å². The molecule has 0 amide bonds. The van der Waals surface area contributed by atoms with E-state index < -0.39 is 10.9 Å². The van der Waals surface area contributed by atoms with Gasteiger partial charge in [0.05, 0.1) is 4.92 Å². The van der Waals surface area contributed by atoms with Crippen LogP contribution < -0.4 is 0 Å². The number of aromatic carboxylic acids is 1. The van der Waals surface area contributed by atoms with Crippen LogP contribution in [0.15, 0.2) is 30.6 Å². The second-order valence-corrected chi connectivity index (χ2v) is 2.95. The van der Waals surface area contributed by atoms with Crippen molar-refractivity contribution in [2.24, 2.45) is 0 Å². The van der Waals surface area contributed by atoms with Crippen molar-refractivity contribution in [1.82, 2.24) is 4.40 Å². The Morgan fingerprint density at radius 3 is 2.80 bits per heavy atom. The Bertz CT molecular complexity index is 558. The molecule has 0 fully saturated rings. The standard InChI is InChI=1S/C9H6N2O4/c12-9(13)6-5-10-4-2-1-3-7(10)8(6)11(14)15/h1-5H,(H,12,13). The minimum atomic E-state index is -1.30. The van der Waals surface area contributed by atoms with Crippen LogP contribution in [0.3, 0.4) is 0 Å². The van der Waals surface area contributed by atoms with Crippen LogP contribution in [0, 0.1) is 10.1 Å². The fraction of sp³-hybridized carbons (Fsp3) is 0. The van der Waals surface area contributed by atoms with Crippen molar-refractivity contribution in [2.45, 2.75) is 0 Å². The predicted octanol–water partition coefficient (Wildman–Crippen LogP) is 1.55. The normalized spacial score (nSPS) is 10.4. The molecule has 0 bridgehead atoms. The summed E-state index contributed by atoms with van der Waals surface area (Å²) in [6.07, 6.45) is 2.80. The highest BCUT2D eigenvalue weighted by molar-refractivity contribution is 5.96. The zero-order valence-electron chi connectivity index (χ0n) is 7.45. The van der Waals surface area contributed by atoms with Crippen molar-refractivity contribution in [3.8, 4) is 0 Å². The number of carbonyl (C=O) groups is 1. The van der Waals surface area contributed by atoms with Gasteiger partial charge in [0.1, 0.15) is 5.52 Å². The second-order valence-electron chi connectivity index (χ2n) is 2.95. The zero-order valence-corrected chi connectivity index (χ0v) is 7.45. The van der Waals surface area contributed by atoms with Crippen LogP contribution >= 0.6 is 0 Å². The Hall–Kier alpha value is -2.37. The lowest BCUT2D eigenvalue weighted by atomic mass is 10.2. The molecule has 2 aromatic rings. The third kappa shape index (κ3) is 1.32. The van der Waals surface area contributed by atoms with E-state index in [2.05, 4.69) is 0 Å². The Kier molecular flexibility index (Phi) is 1.89. The van der Waals surface area contributed by atoms with Gasteiger partial charge in [-0.3, -0.25) is 10.1 Å². The monoisotopic (exact) mass is 206 g/mol. The van der Waals surface area contributed by atoms with Gasteiger partial charge in [0, 0.05) is 12.4 Å². The van der Waals surface area contributed by atoms with E-state index in [-0.39, 0.29) is 16.8 Å². The molecule has 0 aliphatic rings. The number of aromatic nitrogens is 1. The highest BCUT2D eigenvalue weighted by Crippen LogP contribution is 2.26. The molecular weight excluding hydrogens is 200 g/mol. The number of rotatable bonds is 2. The quantitative estimate of drug-likeness (QED) is 0.596. The molecule has 0 spiro atoms. The minimum absolute atomic E-state index is 0.278. The molecule has 0 radical (unpaired) electrons. The first-order valence-electron chi connectivity index (χ1n) is 4.08. The number of fused-ring (bicyclic) bond motifs is 1. The Balaban J connectivity index is 2.86. The lowest BCUT2D eigenvalue weighted by Gasteiger charge is -1.91. The van der Waals surface area contributed by atoms with Crippen LogP contribution in [-0.4, -0.2) is 20.4 Å². The predicted molar refractivity (Wildman–Crippen MR) is 51.0 cm³/mol. The number of nitro groups is 1. The molecule has 6 heteroatoms. The van der Waals surface area contributed by atoms with Gasteiger partial charge in [-0.05, 0) is 12.1 Å². The van der Waals surface area contributed by atoms with E-state index in [1.54, 1.807) is 18.3 Å². The van der Waals surface area contributed by atoms with Gasteiger partial charge in [-0.1, -0.05) is 6.07 Å². The third-order valence-corrected chi connectivity index (χ3v) is 2.07. The number of pyridine rings is 1. The number of carboxylic acids is 1. The van der Waals surface area contributed by atoms with E-state index in [1.807, 2.05) is 0 Å². The molecule has 1 N–H and O–H groups in total. The first-order valence-corrected chi connectivity index (χ1v) is 4.08. The van der Waals surface area contributed by atoms with E-state index >= 15 is 0 Å². The Labute approximate surface area is 83.5 Å². The summed E-state index contributed by atoms with van der Waals surface area (Å²) in [6, 6.07) is 4.79. The lowest BCUT2D eigenvalue weighted by molar-refractivity contribution is -0.383. The molecule has 15 heavy (non-hydrogen) atoms. The molecule has 0 atom stereocenters. The molecule has 0 aromatic carbocycles. The molecule has 0 aliphatic heterocycles. The lowest BCUT2D eigenvalue weighted by Crippen LogP contribution is -1.98. The van der Waals surface area contributed by atoms with E-state index in [4.69, 9.17) is 5.11 Å². The maximum Gasteiger partial charge on any atom is 0.344 e. The maximum atomic E-state index is 10.8. The summed E-state index contributed by atoms with van der Waals surface area (Å²) in [5, 5.41) is 19.5. The van der Waals surface area contributed by atoms with E-state index in [0.29, 0.717) is 0 Å². The number of nitrogens with zero attached hydrogens (tertiary/aromatic N) is 2. The van der Waals surface area contributed by atoms with Crippen molar-refractivity contribution in [3.63, 3.8) is 0 Å². The summed E-state index contributed by atoms with van der Waals surface area (Å²) >= 11 is 0. The molecule has 76 valence electrons. The van der Waals surface area contributed by atoms with E-state index in [0.717, 1.165) is 0 Å². The van der Waals surface area contributed by atoms with Gasteiger partial charge in [-0.2, -0.15) is 0 Å². The molecular formula is C9H6N2O4. The number of carboxylic acid groups (broad SMARTS) is 1. The van der Waals surface area contributed by atoms with Crippen molar-refractivity contribution in [1.29, 1.82) is 0 Å². The van der Waals surface area contributed by atoms with Crippen LogP contribution in [0.2, 0.25) is 0 Å². The van der Waals surface area contributed by atoms with Crippen LogP contribution in [0.25, 0.3) is 5.52 Å². The summed E-state index contributed by atoms with van der Waals surface area (Å²) in [5.74, 6) is -1.30. The summed E-state index contributed by atoms with van der Waals surface area (Å²) in [5.41, 5.74) is -0.394. The van der Waals surface area contributed by atoms with Crippen LogP contribution in [0.1, 0.15) is 10.4 Å². The second kappa shape index (κ2) is 3.09. The van der Waals surface area contributed by atoms with Gasteiger partial charge < -0.3 is 9.51 Å². The number of hydrogen-bond acceptors (Lipinski definition) is 3. The molecule has 6 nitrogen and oxygen atoms in total. The van der Waals surface area contributed by atoms with Crippen LogP contribution in [0.5, 0.6) is 0 Å². The summed E-state index contributed by atoms with van der Waals surface area (Å²) in [7, 11) is 0. The van der Waals surface area contributed by atoms with E-state index in [1.165, 1.54) is 16.7 Å². The van der Waals surface area contributed by atoms with Crippen molar-refractivity contribution in [3.05, 3.63) is 46.3 Å². The van der Waals surface area contributed by atoms with Crippen molar-refractivity contribution >= 4 is 17.2 Å². The Morgan fingerprint density at radius 2 is 2.20 bits per heavy atom. The summed E-state index contributed by atoms with van der Waals surface area (Å²) in [6.45, 7) is 0. The summed E-state index contributed by atoms with van der Waals surface area (Å²) < 4.78 is 1.42. The van der Waals surface area contributed by atoms with Crippen molar-refractivity contribution < 1.29 is 14.8 Å². The SMILES string of the molecule is O=C(O)c1cn2ccccc2c1[N+](=O)[O-]. The fourth-order valence-corrected chi connectivity index (χ4v) is 1.46. The molecule has 0 aliphatic carbocycles. The zero-order chi connectivity index (χ0) is 11.0. The molecule has 2 aromatic heterocycles. The minimum Gasteiger partial charge on any atom is -0.477 e. The molecule has 2 rings (SSSR count). The van der Waals surface area contributed by atoms with Crippen LogP contribution in [0.4, 0.5) is 5.69 Å². The largest absolute Gasteiger partial charge is 0.477 e. The molecule has 0 unspecified atom stereocenters. The van der Waals surface area contributed by atoms with Gasteiger partial charge in [-0.15, -0.1) is 0 Å². The summed E-state index contributed by atoms with van der Waals surface area (Å²) in [4.78, 5) is 20.8. The Morgan fingerprint density at radius 1 is 1.47 bits per heavy atom. The first kappa shape index (κ1) is 9.20. The van der Waals surface area contributed by atoms with Gasteiger partial charge in [0.2, 0.25) is 0 Å². The van der Waals surface area contributed by atoms with Gasteiger partial charge in [0.15, 0.2) is 5.56 Å². The first-order chi connectivity index (χ1) is 7.11. The topological polar surface area (TPSA) is 84.8 Å². The molecule has 0 saturated carbocycles. The van der Waals surface area contributed by atoms with Gasteiger partial charge in [-0.25, -0.2) is 4.79 Å². The molecule has 2 heterocycles. The average molecular weight is 206 g/mol. The third-order valence-electron chi connectivity index (χ3n) is 2.07.